The molecule has 136 valence electrons. The van der Waals surface area contributed by atoms with E-state index in [2.05, 4.69) is 5.32 Å². The van der Waals surface area contributed by atoms with Crippen LogP contribution in [0.5, 0.6) is 0 Å². The molecule has 8 heteroatoms. The summed E-state index contributed by atoms with van der Waals surface area (Å²) in [7, 11) is 0. The first-order chi connectivity index (χ1) is 12.5. The van der Waals surface area contributed by atoms with Gasteiger partial charge in [-0.1, -0.05) is 29.8 Å². The van der Waals surface area contributed by atoms with Crippen molar-refractivity contribution in [2.75, 3.05) is 42.9 Å². The quantitative estimate of drug-likeness (QED) is 0.643. The van der Waals surface area contributed by atoms with Gasteiger partial charge in [-0.15, -0.1) is 0 Å². The van der Waals surface area contributed by atoms with E-state index in [1.165, 1.54) is 6.07 Å². The van der Waals surface area contributed by atoms with Gasteiger partial charge in [-0.25, -0.2) is 0 Å². The van der Waals surface area contributed by atoms with Crippen LogP contribution in [0.2, 0.25) is 5.02 Å². The normalized spacial score (nSPS) is 14.9. The minimum absolute atomic E-state index is 0.00720. The Morgan fingerprint density at radius 1 is 1.12 bits per heavy atom. The van der Waals surface area contributed by atoms with Crippen LogP contribution in [0.25, 0.3) is 0 Å². The topological polar surface area (TPSA) is 78.7 Å². The minimum Gasteiger partial charge on any atom is -0.363 e. The third kappa shape index (κ3) is 4.50. The highest BCUT2D eigenvalue weighted by Crippen LogP contribution is 2.31. The molecule has 0 unspecified atom stereocenters. The summed E-state index contributed by atoms with van der Waals surface area (Å²) in [5.74, 6) is -0.0675. The van der Waals surface area contributed by atoms with E-state index < -0.39 is 4.92 Å². The zero-order valence-electron chi connectivity index (χ0n) is 14.1. The van der Waals surface area contributed by atoms with Gasteiger partial charge < -0.3 is 10.2 Å². The Bertz CT molecular complexity index is 792. The lowest BCUT2D eigenvalue weighted by Crippen LogP contribution is -2.48. The van der Waals surface area contributed by atoms with Crippen LogP contribution in [-0.2, 0) is 4.79 Å². The number of anilines is 2. The number of benzene rings is 2. The number of amides is 1. The van der Waals surface area contributed by atoms with Crippen LogP contribution < -0.4 is 10.2 Å². The van der Waals surface area contributed by atoms with Crippen molar-refractivity contribution in [2.24, 2.45) is 0 Å². The summed E-state index contributed by atoms with van der Waals surface area (Å²) in [6.45, 7) is 2.83. The van der Waals surface area contributed by atoms with Crippen LogP contribution in [0, 0.1) is 10.1 Å². The molecule has 0 aliphatic carbocycles. The van der Waals surface area contributed by atoms with Gasteiger partial charge in [0.1, 0.15) is 5.69 Å². The van der Waals surface area contributed by atoms with E-state index in [9.17, 15) is 14.9 Å². The molecule has 7 nitrogen and oxygen atoms in total. The Morgan fingerprint density at radius 2 is 1.81 bits per heavy atom. The van der Waals surface area contributed by atoms with E-state index in [4.69, 9.17) is 11.6 Å². The van der Waals surface area contributed by atoms with E-state index in [1.807, 2.05) is 40.1 Å². The molecule has 0 saturated carbocycles. The van der Waals surface area contributed by atoms with Crippen molar-refractivity contribution < 1.29 is 9.72 Å². The molecule has 1 aliphatic rings. The molecule has 0 atom stereocenters. The van der Waals surface area contributed by atoms with E-state index in [1.54, 1.807) is 12.1 Å². The van der Waals surface area contributed by atoms with Gasteiger partial charge in [0.15, 0.2) is 0 Å². The third-order valence-corrected chi connectivity index (χ3v) is 4.51. The number of nitrogens with one attached hydrogen (secondary N) is 1. The molecule has 2 aromatic carbocycles. The molecule has 1 heterocycles. The molecular formula is C18H19ClN4O3. The number of hydrogen-bond donors (Lipinski definition) is 1. The molecule has 1 N–H and O–H groups in total. The maximum absolute atomic E-state index is 12.1. The van der Waals surface area contributed by atoms with Crippen LogP contribution >= 0.6 is 11.6 Å². The molecule has 0 bridgehead atoms. The monoisotopic (exact) mass is 374 g/mol. The second-order valence-electron chi connectivity index (χ2n) is 6.07. The number of hydrogen-bond acceptors (Lipinski definition) is 5. The standard InChI is InChI=1S/C18H19ClN4O3/c19-14-6-7-16(17(12-14)23(25)26)22-10-8-21(9-11-22)13-18(24)20-15-4-2-1-3-5-15/h1-7,12H,8-11,13H2,(H,20,24). The smallest absolute Gasteiger partial charge is 0.294 e. The van der Waals surface area contributed by atoms with Crippen LogP contribution in [0.4, 0.5) is 17.1 Å². The Hall–Kier alpha value is -2.64. The van der Waals surface area contributed by atoms with E-state index in [0.29, 0.717) is 43.4 Å². The first-order valence-electron chi connectivity index (χ1n) is 8.29. The summed E-state index contributed by atoms with van der Waals surface area (Å²) < 4.78 is 0. The molecule has 0 aromatic heterocycles. The fourth-order valence-corrected chi connectivity index (χ4v) is 3.15. The zero-order valence-corrected chi connectivity index (χ0v) is 14.9. The lowest BCUT2D eigenvalue weighted by atomic mass is 10.2. The van der Waals surface area contributed by atoms with Crippen molar-refractivity contribution in [1.82, 2.24) is 4.90 Å². The Balaban J connectivity index is 1.56. The Kier molecular flexibility index (Phi) is 5.70. The lowest BCUT2D eigenvalue weighted by Gasteiger charge is -2.35. The average Bonchev–Trinajstić information content (AvgIpc) is 2.63. The maximum Gasteiger partial charge on any atom is 0.294 e. The second-order valence-corrected chi connectivity index (χ2v) is 6.50. The fraction of sp³-hybridized carbons (Fsp3) is 0.278. The molecule has 0 spiro atoms. The van der Waals surface area contributed by atoms with E-state index in [0.717, 1.165) is 5.69 Å². The largest absolute Gasteiger partial charge is 0.363 e. The number of nitrogens with zero attached hydrogens (tertiary/aromatic N) is 3. The molecule has 1 amide bonds. The maximum atomic E-state index is 12.1. The highest BCUT2D eigenvalue weighted by molar-refractivity contribution is 6.30. The zero-order chi connectivity index (χ0) is 18.5. The predicted molar refractivity (Wildman–Crippen MR) is 102 cm³/mol. The molecule has 26 heavy (non-hydrogen) atoms. The molecule has 0 radical (unpaired) electrons. The first kappa shape index (κ1) is 18.2. The van der Waals surface area contributed by atoms with Crippen LogP contribution in [0.1, 0.15) is 0 Å². The molecule has 1 aliphatic heterocycles. The first-order valence-corrected chi connectivity index (χ1v) is 8.67. The van der Waals surface area contributed by atoms with Gasteiger partial charge in [0.05, 0.1) is 11.5 Å². The molecule has 2 aromatic rings. The van der Waals surface area contributed by atoms with Crippen molar-refractivity contribution in [1.29, 1.82) is 0 Å². The van der Waals surface area contributed by atoms with E-state index >= 15 is 0 Å². The Morgan fingerprint density at radius 3 is 2.46 bits per heavy atom. The summed E-state index contributed by atoms with van der Waals surface area (Å²) >= 11 is 5.87. The van der Waals surface area contributed by atoms with Crippen molar-refractivity contribution >= 4 is 34.6 Å². The number of rotatable bonds is 5. The molecule has 1 saturated heterocycles. The summed E-state index contributed by atoms with van der Waals surface area (Å²) in [4.78, 5) is 27.0. The number of halogens is 1. The van der Waals surface area contributed by atoms with Crippen LogP contribution in [0.3, 0.4) is 0 Å². The second kappa shape index (κ2) is 8.16. The predicted octanol–water partition coefficient (Wildman–Crippen LogP) is 3.01. The van der Waals surface area contributed by atoms with Gasteiger partial charge in [0.25, 0.3) is 5.69 Å². The molecule has 1 fully saturated rings. The van der Waals surface area contributed by atoms with Gasteiger partial charge in [0.2, 0.25) is 5.91 Å². The highest BCUT2D eigenvalue weighted by Gasteiger charge is 2.24. The number of carbonyl (C=O) groups excluding carboxylic acids is 1. The fourth-order valence-electron chi connectivity index (χ4n) is 2.98. The summed E-state index contributed by atoms with van der Waals surface area (Å²) in [6, 6.07) is 14.0. The number of para-hydroxylation sites is 1. The summed E-state index contributed by atoms with van der Waals surface area (Å²) in [6.07, 6.45) is 0. The van der Waals surface area contributed by atoms with Crippen molar-refractivity contribution in [3.63, 3.8) is 0 Å². The molecule has 3 rings (SSSR count). The lowest BCUT2D eigenvalue weighted by molar-refractivity contribution is -0.384. The average molecular weight is 375 g/mol. The van der Waals surface area contributed by atoms with Gasteiger partial charge in [-0.3, -0.25) is 19.8 Å². The molecular weight excluding hydrogens is 356 g/mol. The van der Waals surface area contributed by atoms with Gasteiger partial charge in [-0.2, -0.15) is 0 Å². The number of nitro benzene ring substituents is 1. The number of carbonyl (C=O) groups is 1. The van der Waals surface area contributed by atoms with Crippen molar-refractivity contribution in [3.05, 3.63) is 63.7 Å². The van der Waals surface area contributed by atoms with E-state index in [-0.39, 0.29) is 11.6 Å². The number of nitro groups is 1. The highest BCUT2D eigenvalue weighted by atomic mass is 35.5. The van der Waals surface area contributed by atoms with Gasteiger partial charge in [-0.05, 0) is 24.3 Å². The van der Waals surface area contributed by atoms with Crippen molar-refractivity contribution in [3.8, 4) is 0 Å². The van der Waals surface area contributed by atoms with Gasteiger partial charge in [0, 0.05) is 43.0 Å². The number of piperazine rings is 1. The summed E-state index contributed by atoms with van der Waals surface area (Å²) in [5, 5.41) is 14.5. The SMILES string of the molecule is O=C(CN1CCN(c2ccc(Cl)cc2[N+](=O)[O-])CC1)Nc1ccccc1. The van der Waals surface area contributed by atoms with Crippen LogP contribution in [0.15, 0.2) is 48.5 Å². The summed E-state index contributed by atoms with van der Waals surface area (Å²) in [5.41, 5.74) is 1.34. The van der Waals surface area contributed by atoms with Crippen molar-refractivity contribution in [2.45, 2.75) is 0 Å². The third-order valence-electron chi connectivity index (χ3n) is 4.27. The van der Waals surface area contributed by atoms with Gasteiger partial charge >= 0.3 is 0 Å². The Labute approximate surface area is 156 Å². The van der Waals surface area contributed by atoms with Crippen LogP contribution in [-0.4, -0.2) is 48.5 Å². The minimum atomic E-state index is -0.416.